The highest BCUT2D eigenvalue weighted by atomic mass is 16.2. The van der Waals surface area contributed by atoms with Gasteiger partial charge in [-0.2, -0.15) is 0 Å². The van der Waals surface area contributed by atoms with Crippen molar-refractivity contribution in [1.82, 2.24) is 5.32 Å². The number of amides is 2. The zero-order chi connectivity index (χ0) is 18.0. The van der Waals surface area contributed by atoms with Gasteiger partial charge in [-0.15, -0.1) is 0 Å². The van der Waals surface area contributed by atoms with E-state index in [1.54, 1.807) is 0 Å². The molecule has 1 aliphatic rings. The van der Waals surface area contributed by atoms with Gasteiger partial charge in [-0.3, -0.25) is 9.59 Å². The first kappa shape index (κ1) is 17.0. The fourth-order valence-electron chi connectivity index (χ4n) is 2.97. The van der Waals surface area contributed by atoms with Gasteiger partial charge in [0.05, 0.1) is 23.8 Å². The van der Waals surface area contributed by atoms with Gasteiger partial charge in [0.1, 0.15) is 6.04 Å². The van der Waals surface area contributed by atoms with Crippen molar-refractivity contribution in [3.05, 3.63) is 59.2 Å². The molecule has 2 atom stereocenters. The zero-order valence-electron chi connectivity index (χ0n) is 14.7. The lowest BCUT2D eigenvalue weighted by Crippen LogP contribution is -2.42. The Morgan fingerprint density at radius 1 is 1.12 bits per heavy atom. The molecule has 5 heteroatoms. The molecule has 25 heavy (non-hydrogen) atoms. The van der Waals surface area contributed by atoms with Crippen LogP contribution in [0.25, 0.3) is 0 Å². The summed E-state index contributed by atoms with van der Waals surface area (Å²) >= 11 is 0. The average Bonchev–Trinajstić information content (AvgIpc) is 2.58. The first-order chi connectivity index (χ1) is 11.9. The highest BCUT2D eigenvalue weighted by molar-refractivity contribution is 6.05. The number of carbonyl (C=O) groups excluding carboxylic acids is 2. The van der Waals surface area contributed by atoms with E-state index in [2.05, 4.69) is 16.0 Å². The first-order valence-electron chi connectivity index (χ1n) is 8.47. The predicted octanol–water partition coefficient (Wildman–Crippen LogP) is 3.30. The number of fused-ring (bicyclic) bond motifs is 1. The molecule has 0 saturated carbocycles. The summed E-state index contributed by atoms with van der Waals surface area (Å²) in [5, 5.41) is 9.02. The lowest BCUT2D eigenvalue weighted by atomic mass is 10.0. The molecular weight excluding hydrogens is 314 g/mol. The van der Waals surface area contributed by atoms with E-state index in [0.29, 0.717) is 0 Å². The number of carbonyl (C=O) groups is 2. The summed E-state index contributed by atoms with van der Waals surface area (Å²) in [6.45, 7) is 5.96. The maximum absolute atomic E-state index is 12.3. The summed E-state index contributed by atoms with van der Waals surface area (Å²) in [7, 11) is 0. The SMILES string of the molecule is Cc1cc2c(cc1C)NC(CC(=O)NC(C)c1ccccc1)C(=O)N2. The van der Waals surface area contributed by atoms with E-state index in [9.17, 15) is 9.59 Å². The second-order valence-corrected chi connectivity index (χ2v) is 6.57. The number of rotatable bonds is 4. The maximum atomic E-state index is 12.3. The van der Waals surface area contributed by atoms with E-state index in [1.807, 2.05) is 63.2 Å². The van der Waals surface area contributed by atoms with Gasteiger partial charge >= 0.3 is 0 Å². The molecule has 0 fully saturated rings. The molecule has 2 aromatic rings. The normalized spacial score (nSPS) is 17.1. The number of aryl methyl sites for hydroxylation is 2. The van der Waals surface area contributed by atoms with Crippen molar-refractivity contribution in [3.63, 3.8) is 0 Å². The van der Waals surface area contributed by atoms with Gasteiger partial charge in [-0.05, 0) is 49.6 Å². The molecule has 0 bridgehead atoms. The smallest absolute Gasteiger partial charge is 0.247 e. The maximum Gasteiger partial charge on any atom is 0.247 e. The van der Waals surface area contributed by atoms with Crippen LogP contribution in [0.2, 0.25) is 0 Å². The van der Waals surface area contributed by atoms with Crippen molar-refractivity contribution < 1.29 is 9.59 Å². The number of benzene rings is 2. The van der Waals surface area contributed by atoms with E-state index in [-0.39, 0.29) is 24.3 Å². The van der Waals surface area contributed by atoms with Gasteiger partial charge in [0, 0.05) is 0 Å². The van der Waals surface area contributed by atoms with E-state index < -0.39 is 6.04 Å². The Labute approximate surface area is 147 Å². The number of hydrogen-bond acceptors (Lipinski definition) is 3. The van der Waals surface area contributed by atoms with Crippen LogP contribution in [0, 0.1) is 13.8 Å². The van der Waals surface area contributed by atoms with Crippen molar-refractivity contribution >= 4 is 23.2 Å². The third-order valence-corrected chi connectivity index (χ3v) is 4.60. The quantitative estimate of drug-likeness (QED) is 0.802. The van der Waals surface area contributed by atoms with Gasteiger partial charge < -0.3 is 16.0 Å². The van der Waals surface area contributed by atoms with Gasteiger partial charge in [-0.1, -0.05) is 30.3 Å². The molecule has 2 amide bonds. The van der Waals surface area contributed by atoms with Crippen molar-refractivity contribution in [3.8, 4) is 0 Å². The molecule has 0 radical (unpaired) electrons. The van der Waals surface area contributed by atoms with Gasteiger partial charge in [0.15, 0.2) is 0 Å². The summed E-state index contributed by atoms with van der Waals surface area (Å²) in [6, 6.07) is 13.0. The standard InChI is InChI=1S/C20H23N3O2/c1-12-9-16-17(10-13(12)2)23-20(25)18(22-16)11-19(24)21-14(3)15-7-5-4-6-8-15/h4-10,14,18,22H,11H2,1-3H3,(H,21,24)(H,23,25). The molecule has 0 aromatic heterocycles. The molecule has 130 valence electrons. The van der Waals surface area contributed by atoms with Crippen LogP contribution in [0.3, 0.4) is 0 Å². The summed E-state index contributed by atoms with van der Waals surface area (Å²) in [4.78, 5) is 24.6. The second-order valence-electron chi connectivity index (χ2n) is 6.57. The van der Waals surface area contributed by atoms with E-state index >= 15 is 0 Å². The molecular formula is C20H23N3O2. The molecule has 5 nitrogen and oxygen atoms in total. The Hall–Kier alpha value is -2.82. The van der Waals surface area contributed by atoms with Crippen molar-refractivity contribution in [1.29, 1.82) is 0 Å². The van der Waals surface area contributed by atoms with Crippen LogP contribution in [0.1, 0.15) is 36.1 Å². The second kappa shape index (κ2) is 6.97. The summed E-state index contributed by atoms with van der Waals surface area (Å²) in [5.41, 5.74) is 4.92. The predicted molar refractivity (Wildman–Crippen MR) is 99.6 cm³/mol. The minimum absolute atomic E-state index is 0.0926. The van der Waals surface area contributed by atoms with Crippen molar-refractivity contribution in [2.45, 2.75) is 39.3 Å². The molecule has 2 unspecified atom stereocenters. The van der Waals surface area contributed by atoms with Gasteiger partial charge in [0.2, 0.25) is 11.8 Å². The van der Waals surface area contributed by atoms with Crippen LogP contribution in [0.15, 0.2) is 42.5 Å². The fourth-order valence-corrected chi connectivity index (χ4v) is 2.97. The number of anilines is 2. The molecule has 0 aliphatic carbocycles. The largest absolute Gasteiger partial charge is 0.372 e. The summed E-state index contributed by atoms with van der Waals surface area (Å²) in [6.07, 6.45) is 0.0926. The Bertz CT molecular complexity index is 802. The molecule has 1 aliphatic heterocycles. The minimum Gasteiger partial charge on any atom is -0.372 e. The summed E-state index contributed by atoms with van der Waals surface area (Å²) < 4.78 is 0. The molecule has 1 heterocycles. The highest BCUT2D eigenvalue weighted by Gasteiger charge is 2.28. The minimum atomic E-state index is -0.572. The van der Waals surface area contributed by atoms with Crippen LogP contribution in [-0.4, -0.2) is 17.9 Å². The molecule has 0 saturated heterocycles. The van der Waals surface area contributed by atoms with Crippen LogP contribution in [0.4, 0.5) is 11.4 Å². The van der Waals surface area contributed by atoms with E-state index in [4.69, 9.17) is 0 Å². The number of hydrogen-bond donors (Lipinski definition) is 3. The molecule has 3 rings (SSSR count). The Kier molecular flexibility index (Phi) is 4.74. The van der Waals surface area contributed by atoms with E-state index in [0.717, 1.165) is 28.1 Å². The average molecular weight is 337 g/mol. The van der Waals surface area contributed by atoms with Gasteiger partial charge in [0.25, 0.3) is 0 Å². The van der Waals surface area contributed by atoms with E-state index in [1.165, 1.54) is 0 Å². The topological polar surface area (TPSA) is 70.2 Å². The van der Waals surface area contributed by atoms with Crippen LogP contribution in [-0.2, 0) is 9.59 Å². The van der Waals surface area contributed by atoms with Crippen molar-refractivity contribution in [2.24, 2.45) is 0 Å². The van der Waals surface area contributed by atoms with Gasteiger partial charge in [-0.25, -0.2) is 0 Å². The Morgan fingerprint density at radius 3 is 2.44 bits per heavy atom. The highest BCUT2D eigenvalue weighted by Crippen LogP contribution is 2.30. The zero-order valence-corrected chi connectivity index (χ0v) is 14.7. The monoisotopic (exact) mass is 337 g/mol. The third kappa shape index (κ3) is 3.82. The first-order valence-corrected chi connectivity index (χ1v) is 8.47. The lowest BCUT2D eigenvalue weighted by Gasteiger charge is -2.27. The molecule has 0 spiro atoms. The molecule has 2 aromatic carbocycles. The fraction of sp³-hybridized carbons (Fsp3) is 0.300. The number of nitrogens with one attached hydrogen (secondary N) is 3. The Balaban J connectivity index is 1.65. The lowest BCUT2D eigenvalue weighted by molar-refractivity contribution is -0.125. The van der Waals surface area contributed by atoms with Crippen LogP contribution in [0.5, 0.6) is 0 Å². The van der Waals surface area contributed by atoms with Crippen molar-refractivity contribution in [2.75, 3.05) is 10.6 Å². The summed E-state index contributed by atoms with van der Waals surface area (Å²) in [5.74, 6) is -0.338. The Morgan fingerprint density at radius 2 is 1.76 bits per heavy atom. The van der Waals surface area contributed by atoms with Crippen LogP contribution < -0.4 is 16.0 Å². The molecule has 3 N–H and O–H groups in total. The van der Waals surface area contributed by atoms with Crippen LogP contribution >= 0.6 is 0 Å². The third-order valence-electron chi connectivity index (χ3n) is 4.60.